The summed E-state index contributed by atoms with van der Waals surface area (Å²) in [4.78, 5) is 15.6. The van der Waals surface area contributed by atoms with Gasteiger partial charge in [-0.05, 0) is 32.8 Å². The van der Waals surface area contributed by atoms with Gasteiger partial charge in [-0.2, -0.15) is 0 Å². The third-order valence-electron chi connectivity index (χ3n) is 3.46. The molecule has 6 nitrogen and oxygen atoms in total. The standard InChI is InChI=1S/C19H31N3O3/c1-15(2)25-18(23)11-13-22-19(20-4)21-12-8-14-24-16(3)17-9-6-5-7-10-17/h5-7,9-10,15-16H,8,11-14H2,1-4H3,(H2,20,21,22). The van der Waals surface area contributed by atoms with Crippen molar-refractivity contribution in [2.24, 2.45) is 4.99 Å². The first kappa shape index (κ1) is 21.0. The van der Waals surface area contributed by atoms with Crippen molar-refractivity contribution >= 4 is 11.9 Å². The summed E-state index contributed by atoms with van der Waals surface area (Å²) >= 11 is 0. The van der Waals surface area contributed by atoms with Crippen LogP contribution in [0.25, 0.3) is 0 Å². The number of nitrogens with one attached hydrogen (secondary N) is 2. The highest BCUT2D eigenvalue weighted by atomic mass is 16.5. The summed E-state index contributed by atoms with van der Waals surface area (Å²) in [5.74, 6) is 0.467. The molecule has 6 heteroatoms. The molecule has 0 radical (unpaired) electrons. The Morgan fingerprint density at radius 1 is 1.12 bits per heavy atom. The van der Waals surface area contributed by atoms with Gasteiger partial charge in [0.2, 0.25) is 0 Å². The van der Waals surface area contributed by atoms with Crippen LogP contribution in [0.3, 0.4) is 0 Å². The van der Waals surface area contributed by atoms with Crippen LogP contribution >= 0.6 is 0 Å². The summed E-state index contributed by atoms with van der Waals surface area (Å²) in [6, 6.07) is 10.2. The van der Waals surface area contributed by atoms with Crippen LogP contribution < -0.4 is 10.6 Å². The van der Waals surface area contributed by atoms with Gasteiger partial charge in [-0.15, -0.1) is 0 Å². The second-order valence-electron chi connectivity index (χ2n) is 5.99. The molecular weight excluding hydrogens is 318 g/mol. The minimum atomic E-state index is -0.207. The number of hydrogen-bond acceptors (Lipinski definition) is 4. The first-order valence-corrected chi connectivity index (χ1v) is 8.83. The fourth-order valence-electron chi connectivity index (χ4n) is 2.18. The Morgan fingerprint density at radius 2 is 1.80 bits per heavy atom. The molecule has 0 aromatic heterocycles. The van der Waals surface area contributed by atoms with E-state index in [9.17, 15) is 4.79 Å². The van der Waals surface area contributed by atoms with E-state index in [1.807, 2.05) is 32.0 Å². The summed E-state index contributed by atoms with van der Waals surface area (Å²) in [6.45, 7) is 7.64. The third kappa shape index (κ3) is 9.72. The van der Waals surface area contributed by atoms with Gasteiger partial charge in [0.15, 0.2) is 5.96 Å². The fraction of sp³-hybridized carbons (Fsp3) is 0.579. The molecule has 0 fully saturated rings. The van der Waals surface area contributed by atoms with Gasteiger partial charge in [-0.1, -0.05) is 30.3 Å². The lowest BCUT2D eigenvalue weighted by Crippen LogP contribution is -2.39. The lowest BCUT2D eigenvalue weighted by Gasteiger charge is -2.15. The van der Waals surface area contributed by atoms with Crippen molar-refractivity contribution in [2.75, 3.05) is 26.7 Å². The monoisotopic (exact) mass is 349 g/mol. The molecule has 0 saturated carbocycles. The topological polar surface area (TPSA) is 72.0 Å². The second-order valence-corrected chi connectivity index (χ2v) is 5.99. The van der Waals surface area contributed by atoms with Gasteiger partial charge in [0.25, 0.3) is 0 Å². The molecule has 2 N–H and O–H groups in total. The average molecular weight is 349 g/mol. The van der Waals surface area contributed by atoms with Gasteiger partial charge < -0.3 is 20.1 Å². The largest absolute Gasteiger partial charge is 0.463 e. The van der Waals surface area contributed by atoms with Crippen LogP contribution in [0.5, 0.6) is 0 Å². The lowest BCUT2D eigenvalue weighted by molar-refractivity contribution is -0.147. The molecule has 0 aliphatic rings. The van der Waals surface area contributed by atoms with Gasteiger partial charge in [0.05, 0.1) is 18.6 Å². The minimum absolute atomic E-state index is 0.0804. The van der Waals surface area contributed by atoms with Crippen molar-refractivity contribution in [3.05, 3.63) is 35.9 Å². The van der Waals surface area contributed by atoms with Crippen molar-refractivity contribution in [1.82, 2.24) is 10.6 Å². The van der Waals surface area contributed by atoms with Crippen molar-refractivity contribution in [3.8, 4) is 0 Å². The van der Waals surface area contributed by atoms with Crippen LogP contribution in [-0.4, -0.2) is 44.8 Å². The van der Waals surface area contributed by atoms with Gasteiger partial charge >= 0.3 is 5.97 Å². The Labute approximate surface area is 151 Å². The molecule has 140 valence electrons. The molecule has 0 spiro atoms. The van der Waals surface area contributed by atoms with E-state index in [4.69, 9.17) is 9.47 Å². The number of benzene rings is 1. The van der Waals surface area contributed by atoms with E-state index in [1.165, 1.54) is 5.56 Å². The van der Waals surface area contributed by atoms with Gasteiger partial charge in [0.1, 0.15) is 0 Å². The number of guanidine groups is 1. The number of ether oxygens (including phenoxy) is 2. The van der Waals surface area contributed by atoms with Crippen molar-refractivity contribution in [3.63, 3.8) is 0 Å². The molecule has 1 aromatic rings. The lowest BCUT2D eigenvalue weighted by atomic mass is 10.1. The van der Waals surface area contributed by atoms with Crippen molar-refractivity contribution in [1.29, 1.82) is 0 Å². The number of rotatable bonds is 10. The predicted molar refractivity (Wildman–Crippen MR) is 101 cm³/mol. The molecule has 1 rings (SSSR count). The van der Waals surface area contributed by atoms with Crippen molar-refractivity contribution in [2.45, 2.75) is 45.8 Å². The zero-order valence-corrected chi connectivity index (χ0v) is 15.7. The van der Waals surface area contributed by atoms with E-state index in [0.29, 0.717) is 25.5 Å². The van der Waals surface area contributed by atoms with Crippen LogP contribution in [0, 0.1) is 0 Å². The summed E-state index contributed by atoms with van der Waals surface area (Å²) < 4.78 is 10.9. The number of hydrogen-bond donors (Lipinski definition) is 2. The molecule has 0 aliphatic carbocycles. The highest BCUT2D eigenvalue weighted by molar-refractivity contribution is 5.80. The maximum Gasteiger partial charge on any atom is 0.307 e. The van der Waals surface area contributed by atoms with Crippen molar-refractivity contribution < 1.29 is 14.3 Å². The molecule has 0 aliphatic heterocycles. The molecule has 0 amide bonds. The Balaban J connectivity index is 2.12. The first-order valence-electron chi connectivity index (χ1n) is 8.83. The maximum atomic E-state index is 11.5. The average Bonchev–Trinajstić information content (AvgIpc) is 2.59. The number of aliphatic imine (C=N–C) groups is 1. The van der Waals surface area contributed by atoms with E-state index >= 15 is 0 Å². The number of carbonyl (C=O) groups excluding carboxylic acids is 1. The summed E-state index contributed by atoms with van der Waals surface area (Å²) in [7, 11) is 1.70. The smallest absolute Gasteiger partial charge is 0.307 e. The predicted octanol–water partition coefficient (Wildman–Crippen LogP) is 2.66. The summed E-state index contributed by atoms with van der Waals surface area (Å²) in [6.07, 6.45) is 1.19. The van der Waals surface area contributed by atoms with Crippen LogP contribution in [-0.2, 0) is 14.3 Å². The molecule has 0 heterocycles. The Bertz CT molecular complexity index is 518. The second kappa shape index (κ2) is 12.3. The molecule has 1 unspecified atom stereocenters. The van der Waals surface area contributed by atoms with Crippen LogP contribution in [0.15, 0.2) is 35.3 Å². The molecule has 25 heavy (non-hydrogen) atoms. The Kier molecular flexibility index (Phi) is 10.3. The number of carbonyl (C=O) groups is 1. The summed E-state index contributed by atoms with van der Waals surface area (Å²) in [5, 5.41) is 6.30. The van der Waals surface area contributed by atoms with E-state index < -0.39 is 0 Å². The summed E-state index contributed by atoms with van der Waals surface area (Å²) in [5.41, 5.74) is 1.18. The highest BCUT2D eigenvalue weighted by Gasteiger charge is 2.06. The molecule has 1 aromatic carbocycles. The van der Waals surface area contributed by atoms with Gasteiger partial charge in [-0.3, -0.25) is 9.79 Å². The third-order valence-corrected chi connectivity index (χ3v) is 3.46. The van der Waals surface area contributed by atoms with Gasteiger partial charge in [-0.25, -0.2) is 0 Å². The van der Waals surface area contributed by atoms with Crippen LogP contribution in [0.1, 0.15) is 45.3 Å². The first-order chi connectivity index (χ1) is 12.0. The Morgan fingerprint density at radius 3 is 2.44 bits per heavy atom. The van der Waals surface area contributed by atoms with E-state index in [-0.39, 0.29) is 18.2 Å². The normalized spacial score (nSPS) is 12.8. The van der Waals surface area contributed by atoms with E-state index in [0.717, 1.165) is 13.0 Å². The molecule has 0 bridgehead atoms. The van der Waals surface area contributed by atoms with Crippen LogP contribution in [0.4, 0.5) is 0 Å². The minimum Gasteiger partial charge on any atom is -0.463 e. The highest BCUT2D eigenvalue weighted by Crippen LogP contribution is 2.15. The maximum absolute atomic E-state index is 11.5. The zero-order chi connectivity index (χ0) is 18.5. The zero-order valence-electron chi connectivity index (χ0n) is 15.7. The molecular formula is C19H31N3O3. The van der Waals surface area contributed by atoms with E-state index in [2.05, 4.69) is 34.7 Å². The molecule has 0 saturated heterocycles. The Hall–Kier alpha value is -2.08. The van der Waals surface area contributed by atoms with Crippen LogP contribution in [0.2, 0.25) is 0 Å². The van der Waals surface area contributed by atoms with E-state index in [1.54, 1.807) is 7.05 Å². The number of nitrogens with zero attached hydrogens (tertiary/aromatic N) is 1. The fourth-order valence-corrected chi connectivity index (χ4v) is 2.18. The SMILES string of the molecule is CN=C(NCCCOC(C)c1ccccc1)NCCC(=O)OC(C)C. The van der Waals surface area contributed by atoms with Gasteiger partial charge in [0, 0.05) is 26.7 Å². The quantitative estimate of drug-likeness (QED) is 0.294. The molecule has 1 atom stereocenters. The number of esters is 1.